The number of ketones is 1. The molecule has 14 heteroatoms. The number of aryl methyl sites for hydroxylation is 1. The number of amides is 4. The summed E-state index contributed by atoms with van der Waals surface area (Å²) in [7, 11) is 2.98. The Bertz CT molecular complexity index is 1770. The first-order chi connectivity index (χ1) is 25.1. The first kappa shape index (κ1) is 41.6. The fraction of sp³-hybridized carbons (Fsp3) is 0.410. The Kier molecular flexibility index (Phi) is 15.5. The number of nitrogens with two attached hydrogens (primary N) is 2. The molecule has 0 spiro atoms. The highest BCUT2D eigenvalue weighted by atomic mass is 16.6. The summed E-state index contributed by atoms with van der Waals surface area (Å²) in [5.74, 6) is -0.807. The number of para-hydroxylation sites is 1. The Morgan fingerprint density at radius 1 is 0.811 bits per heavy atom. The van der Waals surface area contributed by atoms with Gasteiger partial charge in [0.25, 0.3) is 5.91 Å². The lowest BCUT2D eigenvalue weighted by Crippen LogP contribution is -2.33. The molecule has 0 aliphatic carbocycles. The van der Waals surface area contributed by atoms with Crippen molar-refractivity contribution in [2.45, 2.75) is 65.4 Å². The van der Waals surface area contributed by atoms with E-state index >= 15 is 0 Å². The molecular weight excluding hydrogens is 682 g/mol. The van der Waals surface area contributed by atoms with Crippen LogP contribution in [0.4, 0.5) is 16.2 Å². The molecular formula is C39H51N5O9. The number of methoxy groups -OCH3 is 1. The number of hydrogen-bond acceptors (Lipinski definition) is 10. The van der Waals surface area contributed by atoms with Crippen LogP contribution in [0.1, 0.15) is 84.7 Å². The van der Waals surface area contributed by atoms with Gasteiger partial charge in [-0.15, -0.1) is 0 Å². The van der Waals surface area contributed by atoms with Crippen LogP contribution in [0.5, 0.6) is 17.2 Å². The van der Waals surface area contributed by atoms with Crippen LogP contribution in [-0.2, 0) is 14.3 Å². The summed E-state index contributed by atoms with van der Waals surface area (Å²) in [6.07, 6.45) is 2.20. The van der Waals surface area contributed by atoms with Gasteiger partial charge in [0, 0.05) is 20.0 Å². The zero-order valence-corrected chi connectivity index (χ0v) is 31.3. The summed E-state index contributed by atoms with van der Waals surface area (Å²) in [5.41, 5.74) is 12.9. The van der Waals surface area contributed by atoms with Crippen LogP contribution in [0, 0.1) is 6.92 Å². The molecule has 0 fully saturated rings. The predicted molar refractivity (Wildman–Crippen MR) is 202 cm³/mol. The van der Waals surface area contributed by atoms with Gasteiger partial charge in [-0.1, -0.05) is 18.2 Å². The van der Waals surface area contributed by atoms with Crippen LogP contribution >= 0.6 is 0 Å². The van der Waals surface area contributed by atoms with Crippen molar-refractivity contribution >= 4 is 41.0 Å². The summed E-state index contributed by atoms with van der Waals surface area (Å²) < 4.78 is 22.8. The Morgan fingerprint density at radius 2 is 1.49 bits per heavy atom. The zero-order chi connectivity index (χ0) is 39.1. The minimum atomic E-state index is -0.604. The van der Waals surface area contributed by atoms with E-state index < -0.39 is 29.3 Å². The second-order valence-electron chi connectivity index (χ2n) is 13.3. The van der Waals surface area contributed by atoms with Gasteiger partial charge in [0.05, 0.1) is 54.9 Å². The highest BCUT2D eigenvalue weighted by Crippen LogP contribution is 2.36. The molecule has 286 valence electrons. The Hall–Kier alpha value is -5.79. The molecule has 0 heterocycles. The number of nitrogens with one attached hydrogen (secondary N) is 2. The molecule has 14 nitrogen and oxygen atoms in total. The average Bonchev–Trinajstić information content (AvgIpc) is 3.10. The predicted octanol–water partition coefficient (Wildman–Crippen LogP) is 4.93. The molecule has 3 rings (SSSR count). The van der Waals surface area contributed by atoms with Crippen molar-refractivity contribution < 1.29 is 42.9 Å². The van der Waals surface area contributed by atoms with E-state index in [2.05, 4.69) is 10.6 Å². The van der Waals surface area contributed by atoms with Crippen LogP contribution < -0.4 is 41.2 Å². The minimum absolute atomic E-state index is 0.00346. The van der Waals surface area contributed by atoms with Gasteiger partial charge in [-0.2, -0.15) is 0 Å². The molecule has 6 N–H and O–H groups in total. The molecule has 0 saturated heterocycles. The zero-order valence-electron chi connectivity index (χ0n) is 31.3. The molecule has 3 aromatic carbocycles. The first-order valence-electron chi connectivity index (χ1n) is 17.4. The summed E-state index contributed by atoms with van der Waals surface area (Å²) in [4.78, 5) is 63.6. The lowest BCUT2D eigenvalue weighted by molar-refractivity contribution is -0.124. The van der Waals surface area contributed by atoms with E-state index in [0.717, 1.165) is 5.56 Å². The van der Waals surface area contributed by atoms with Crippen molar-refractivity contribution in [3.05, 3.63) is 76.9 Å². The van der Waals surface area contributed by atoms with E-state index in [0.29, 0.717) is 56.0 Å². The normalized spacial score (nSPS) is 10.9. The molecule has 0 radical (unpaired) electrons. The molecule has 0 aromatic heterocycles. The lowest BCUT2D eigenvalue weighted by atomic mass is 9.98. The highest BCUT2D eigenvalue weighted by molar-refractivity contribution is 6.16. The molecule has 3 aromatic rings. The smallest absolute Gasteiger partial charge is 0.407 e. The molecule has 0 aliphatic rings. The van der Waals surface area contributed by atoms with Crippen molar-refractivity contribution in [1.29, 1.82) is 0 Å². The van der Waals surface area contributed by atoms with Crippen LogP contribution in [0.3, 0.4) is 0 Å². The fourth-order valence-corrected chi connectivity index (χ4v) is 5.19. The second kappa shape index (κ2) is 19.7. The van der Waals surface area contributed by atoms with Gasteiger partial charge in [-0.25, -0.2) is 4.79 Å². The van der Waals surface area contributed by atoms with Crippen LogP contribution in [-0.4, -0.2) is 75.7 Å². The molecule has 53 heavy (non-hydrogen) atoms. The third kappa shape index (κ3) is 12.7. The van der Waals surface area contributed by atoms with Gasteiger partial charge >= 0.3 is 6.09 Å². The van der Waals surface area contributed by atoms with Gasteiger partial charge in [0.2, 0.25) is 17.6 Å². The maximum Gasteiger partial charge on any atom is 0.407 e. The summed E-state index contributed by atoms with van der Waals surface area (Å²) in [6.45, 7) is 7.96. The summed E-state index contributed by atoms with van der Waals surface area (Å²) in [6, 6.07) is 15.2. The number of alkyl carbamates (subject to hydrolysis) is 1. The number of nitrogens with zero attached hydrogens (tertiary/aromatic N) is 1. The Balaban J connectivity index is 1.69. The number of unbranched alkanes of at least 4 members (excludes halogenated alkanes) is 2. The molecule has 0 saturated carbocycles. The molecule has 0 bridgehead atoms. The summed E-state index contributed by atoms with van der Waals surface area (Å²) in [5, 5.41) is 5.14. The topological polar surface area (TPSA) is 202 Å². The number of carbonyl (C=O) groups is 5. The number of primary amides is 1. The van der Waals surface area contributed by atoms with E-state index in [1.165, 1.54) is 24.1 Å². The number of nitrogen functional groups attached to an aromatic ring is 1. The maximum atomic E-state index is 13.9. The Labute approximate surface area is 310 Å². The third-order valence-corrected chi connectivity index (χ3v) is 7.80. The van der Waals surface area contributed by atoms with Crippen LogP contribution in [0.2, 0.25) is 0 Å². The molecule has 0 atom stereocenters. The average molecular weight is 734 g/mol. The van der Waals surface area contributed by atoms with E-state index in [-0.39, 0.29) is 53.6 Å². The molecule has 0 aliphatic heterocycles. The van der Waals surface area contributed by atoms with Crippen LogP contribution in [0.25, 0.3) is 0 Å². The summed E-state index contributed by atoms with van der Waals surface area (Å²) >= 11 is 0. The van der Waals surface area contributed by atoms with E-state index in [1.807, 2.05) is 19.1 Å². The molecule has 0 unspecified atom stereocenters. The maximum absolute atomic E-state index is 13.9. The third-order valence-electron chi connectivity index (χ3n) is 7.80. The number of anilines is 2. The van der Waals surface area contributed by atoms with Crippen molar-refractivity contribution in [2.75, 3.05) is 51.1 Å². The number of rotatable bonds is 19. The van der Waals surface area contributed by atoms with Crippen molar-refractivity contribution in [2.24, 2.45) is 5.73 Å². The van der Waals surface area contributed by atoms with Gasteiger partial charge < -0.3 is 45.9 Å². The van der Waals surface area contributed by atoms with Gasteiger partial charge in [0.15, 0.2) is 5.75 Å². The SMILES string of the molecule is COc1c(C(=O)c2ccccc2OCCCNC(=O)OC(C)(C)C)ccc(C(=O)N(C)c2ccc(C)cc2OCCCCCC(=O)NCC(N)=O)c1N. The monoisotopic (exact) mass is 733 g/mol. The van der Waals surface area contributed by atoms with Crippen molar-refractivity contribution in [3.8, 4) is 17.2 Å². The highest BCUT2D eigenvalue weighted by Gasteiger charge is 2.26. The van der Waals surface area contributed by atoms with Crippen molar-refractivity contribution in [3.63, 3.8) is 0 Å². The number of hydrogen-bond donors (Lipinski definition) is 4. The van der Waals surface area contributed by atoms with Gasteiger partial charge in [-0.3, -0.25) is 19.2 Å². The number of carbonyl (C=O) groups excluding carboxylic acids is 5. The van der Waals surface area contributed by atoms with Crippen molar-refractivity contribution in [1.82, 2.24) is 10.6 Å². The first-order valence-corrected chi connectivity index (χ1v) is 17.4. The Morgan fingerprint density at radius 3 is 2.19 bits per heavy atom. The van der Waals surface area contributed by atoms with Gasteiger partial charge in [-0.05, 0) is 95.3 Å². The number of benzene rings is 3. The lowest BCUT2D eigenvalue weighted by Gasteiger charge is -2.23. The minimum Gasteiger partial charge on any atom is -0.494 e. The van der Waals surface area contributed by atoms with E-state index in [1.54, 1.807) is 58.2 Å². The standard InChI is InChI=1S/C39H51N5O9/c1-25-16-19-29(31(23-25)52-21-11-7-8-15-33(46)43-24-32(40)45)44(5)37(48)27-17-18-28(36(50-6)34(27)41)35(47)26-13-9-10-14-30(26)51-22-12-20-42-38(49)53-39(2,3)4/h9-10,13-14,16-19,23H,7-8,11-12,15,20-22,24,41H2,1-6H3,(H2,40,45)(H,42,49)(H,43,46). The van der Waals surface area contributed by atoms with Gasteiger partial charge in [0.1, 0.15) is 17.1 Å². The quantitative estimate of drug-likeness (QED) is 0.0744. The molecule has 4 amide bonds. The number of ether oxygens (including phenoxy) is 4. The second-order valence-corrected chi connectivity index (χ2v) is 13.3. The largest absolute Gasteiger partial charge is 0.494 e. The fourth-order valence-electron chi connectivity index (χ4n) is 5.19. The van der Waals surface area contributed by atoms with E-state index in [4.69, 9.17) is 30.4 Å². The van der Waals surface area contributed by atoms with E-state index in [9.17, 15) is 24.0 Å². The van der Waals surface area contributed by atoms with Crippen LogP contribution in [0.15, 0.2) is 54.6 Å².